The van der Waals surface area contributed by atoms with E-state index in [4.69, 9.17) is 10.5 Å². The molecule has 0 saturated carbocycles. The van der Waals surface area contributed by atoms with Crippen molar-refractivity contribution in [2.24, 2.45) is 5.73 Å². The average molecular weight is 261 g/mol. The molecule has 0 aromatic carbocycles. The third-order valence-electron chi connectivity index (χ3n) is 1.85. The van der Waals surface area contributed by atoms with Crippen LogP contribution in [0.15, 0.2) is 0 Å². The molecule has 0 heterocycles. The van der Waals surface area contributed by atoms with Crippen molar-refractivity contribution < 1.29 is 18.3 Å². The van der Waals surface area contributed by atoms with Crippen molar-refractivity contribution >= 4 is 18.3 Å². The zero-order valence-electron chi connectivity index (χ0n) is 9.30. The van der Waals surface area contributed by atoms with Crippen LogP contribution in [0.3, 0.4) is 0 Å². The molecular formula is C9H19ClF2N2O2. The number of nitrogens with two attached hydrogens (primary N) is 1. The van der Waals surface area contributed by atoms with E-state index in [2.05, 4.69) is 5.32 Å². The summed E-state index contributed by atoms with van der Waals surface area (Å²) < 4.78 is 30.0. The number of hydrogen-bond acceptors (Lipinski definition) is 3. The smallest absolute Gasteiger partial charge is 0.277 e. The average Bonchev–Trinajstić information content (AvgIpc) is 2.22. The van der Waals surface area contributed by atoms with Gasteiger partial charge in [0.15, 0.2) is 0 Å². The number of hydrogen-bond donors (Lipinski definition) is 2. The number of alkyl halides is 2. The van der Waals surface area contributed by atoms with E-state index in [1.54, 1.807) is 7.11 Å². The van der Waals surface area contributed by atoms with E-state index in [1.807, 2.05) is 0 Å². The highest BCUT2D eigenvalue weighted by Gasteiger charge is 2.26. The molecule has 0 aliphatic heterocycles. The third kappa shape index (κ3) is 10.1. The van der Waals surface area contributed by atoms with Gasteiger partial charge in [-0.2, -0.15) is 0 Å². The van der Waals surface area contributed by atoms with Crippen LogP contribution in [0, 0.1) is 0 Å². The molecule has 0 aliphatic carbocycles. The minimum absolute atomic E-state index is 0. The van der Waals surface area contributed by atoms with Gasteiger partial charge in [-0.05, 0) is 12.8 Å². The Bertz CT molecular complexity index is 194. The first kappa shape index (κ1) is 17.9. The monoisotopic (exact) mass is 260 g/mol. The Morgan fingerprint density at radius 1 is 1.44 bits per heavy atom. The van der Waals surface area contributed by atoms with Gasteiger partial charge in [0.2, 0.25) is 5.91 Å². The van der Waals surface area contributed by atoms with Crippen molar-refractivity contribution in [3.8, 4) is 0 Å². The summed E-state index contributed by atoms with van der Waals surface area (Å²) in [4.78, 5) is 11.0. The summed E-state index contributed by atoms with van der Waals surface area (Å²) in [6.07, 6.45) is 1.62. The maximum absolute atomic E-state index is 12.6. The van der Waals surface area contributed by atoms with Crippen molar-refractivity contribution in [1.82, 2.24) is 5.32 Å². The summed E-state index contributed by atoms with van der Waals surface area (Å²) in [5, 5.41) is 2.14. The van der Waals surface area contributed by atoms with Crippen LogP contribution in [0.5, 0.6) is 0 Å². The Kier molecular flexibility index (Phi) is 10.9. The topological polar surface area (TPSA) is 64.3 Å². The second kappa shape index (κ2) is 9.74. The molecule has 0 bridgehead atoms. The van der Waals surface area contributed by atoms with E-state index in [0.717, 1.165) is 6.42 Å². The van der Waals surface area contributed by atoms with Crippen molar-refractivity contribution in [2.45, 2.75) is 25.2 Å². The van der Waals surface area contributed by atoms with Gasteiger partial charge in [-0.15, -0.1) is 12.4 Å². The van der Waals surface area contributed by atoms with Crippen LogP contribution in [0.25, 0.3) is 0 Å². The SMILES string of the molecule is COCCCCC(=O)NCC(F)(F)CN.Cl. The summed E-state index contributed by atoms with van der Waals surface area (Å²) in [6.45, 7) is -0.865. The van der Waals surface area contributed by atoms with Crippen LogP contribution in [0.4, 0.5) is 8.78 Å². The lowest BCUT2D eigenvalue weighted by atomic mass is 10.2. The number of carbonyl (C=O) groups is 1. The molecule has 0 atom stereocenters. The van der Waals surface area contributed by atoms with Crippen molar-refractivity contribution in [3.05, 3.63) is 0 Å². The number of methoxy groups -OCH3 is 1. The number of rotatable bonds is 8. The fourth-order valence-corrected chi connectivity index (χ4v) is 0.920. The standard InChI is InChI=1S/C9H18F2N2O2.ClH/c1-15-5-3-2-4-8(14)13-7-9(10,11)6-12;/h2-7,12H2,1H3,(H,13,14);1H. The molecule has 0 radical (unpaired) electrons. The number of ether oxygens (including phenoxy) is 1. The second-order valence-corrected chi connectivity index (χ2v) is 3.29. The molecule has 98 valence electrons. The molecule has 1 amide bonds. The van der Waals surface area contributed by atoms with Crippen LogP contribution < -0.4 is 11.1 Å². The van der Waals surface area contributed by atoms with Gasteiger partial charge in [0.05, 0.1) is 13.1 Å². The van der Waals surface area contributed by atoms with E-state index in [9.17, 15) is 13.6 Å². The summed E-state index contributed by atoms with van der Waals surface area (Å²) in [7, 11) is 1.57. The summed E-state index contributed by atoms with van der Waals surface area (Å²) in [5.74, 6) is -3.39. The molecule has 0 aromatic rings. The highest BCUT2D eigenvalue weighted by atomic mass is 35.5. The van der Waals surface area contributed by atoms with E-state index in [0.29, 0.717) is 13.0 Å². The van der Waals surface area contributed by atoms with Crippen LogP contribution in [-0.4, -0.2) is 38.6 Å². The fourth-order valence-electron chi connectivity index (χ4n) is 0.920. The Labute approximate surface area is 100 Å². The predicted molar refractivity (Wildman–Crippen MR) is 60.0 cm³/mol. The zero-order valence-corrected chi connectivity index (χ0v) is 10.1. The minimum atomic E-state index is -3.01. The van der Waals surface area contributed by atoms with Gasteiger partial charge in [0.1, 0.15) is 0 Å². The van der Waals surface area contributed by atoms with E-state index >= 15 is 0 Å². The molecule has 0 aliphatic rings. The Balaban J connectivity index is 0. The first-order valence-corrected chi connectivity index (χ1v) is 4.85. The van der Waals surface area contributed by atoms with E-state index in [-0.39, 0.29) is 24.7 Å². The van der Waals surface area contributed by atoms with Gasteiger partial charge in [-0.25, -0.2) is 8.78 Å². The van der Waals surface area contributed by atoms with Crippen molar-refractivity contribution in [3.63, 3.8) is 0 Å². The van der Waals surface area contributed by atoms with Crippen molar-refractivity contribution in [1.29, 1.82) is 0 Å². The molecule has 0 aromatic heterocycles. The Hall–Kier alpha value is -0.460. The van der Waals surface area contributed by atoms with Crippen LogP contribution in [0.2, 0.25) is 0 Å². The van der Waals surface area contributed by atoms with Gasteiger partial charge in [0, 0.05) is 20.1 Å². The lowest BCUT2D eigenvalue weighted by Gasteiger charge is -2.14. The number of carbonyl (C=O) groups excluding carboxylic acids is 1. The maximum Gasteiger partial charge on any atom is 0.277 e. The van der Waals surface area contributed by atoms with Gasteiger partial charge in [0.25, 0.3) is 5.92 Å². The Morgan fingerprint density at radius 2 is 2.06 bits per heavy atom. The fraction of sp³-hybridized carbons (Fsp3) is 0.889. The predicted octanol–water partition coefficient (Wildman–Crippen LogP) is 0.935. The molecule has 0 saturated heterocycles. The molecule has 4 nitrogen and oxygen atoms in total. The van der Waals surface area contributed by atoms with E-state index < -0.39 is 19.0 Å². The highest BCUT2D eigenvalue weighted by Crippen LogP contribution is 2.08. The van der Waals surface area contributed by atoms with Crippen LogP contribution in [-0.2, 0) is 9.53 Å². The van der Waals surface area contributed by atoms with Crippen LogP contribution >= 0.6 is 12.4 Å². The molecular weight excluding hydrogens is 242 g/mol. The second-order valence-electron chi connectivity index (χ2n) is 3.29. The largest absolute Gasteiger partial charge is 0.385 e. The number of unbranched alkanes of at least 4 members (excludes halogenated alkanes) is 1. The number of nitrogens with one attached hydrogen (secondary N) is 1. The molecule has 16 heavy (non-hydrogen) atoms. The third-order valence-corrected chi connectivity index (χ3v) is 1.85. The lowest BCUT2D eigenvalue weighted by molar-refractivity contribution is -0.123. The Morgan fingerprint density at radius 3 is 2.56 bits per heavy atom. The molecule has 0 fully saturated rings. The molecule has 3 N–H and O–H groups in total. The number of halogens is 3. The first-order valence-electron chi connectivity index (χ1n) is 4.85. The maximum atomic E-state index is 12.6. The van der Waals surface area contributed by atoms with Gasteiger partial charge < -0.3 is 15.8 Å². The minimum Gasteiger partial charge on any atom is -0.385 e. The van der Waals surface area contributed by atoms with Gasteiger partial charge in [-0.3, -0.25) is 4.79 Å². The lowest BCUT2D eigenvalue weighted by Crippen LogP contribution is -2.41. The zero-order chi connectivity index (χ0) is 11.7. The molecule has 0 unspecified atom stereocenters. The van der Waals surface area contributed by atoms with E-state index in [1.165, 1.54) is 0 Å². The molecule has 7 heteroatoms. The van der Waals surface area contributed by atoms with Gasteiger partial charge in [-0.1, -0.05) is 0 Å². The highest BCUT2D eigenvalue weighted by molar-refractivity contribution is 5.85. The van der Waals surface area contributed by atoms with Gasteiger partial charge >= 0.3 is 0 Å². The summed E-state index contributed by atoms with van der Waals surface area (Å²) in [6, 6.07) is 0. The normalized spacial score (nSPS) is 10.8. The van der Waals surface area contributed by atoms with Crippen molar-refractivity contribution in [2.75, 3.05) is 26.8 Å². The molecule has 0 rings (SSSR count). The molecule has 0 spiro atoms. The quantitative estimate of drug-likeness (QED) is 0.639. The summed E-state index contributed by atoms with van der Waals surface area (Å²) in [5.41, 5.74) is 4.81. The first-order chi connectivity index (χ1) is 7.02. The summed E-state index contributed by atoms with van der Waals surface area (Å²) >= 11 is 0. The van der Waals surface area contributed by atoms with Crippen LogP contribution in [0.1, 0.15) is 19.3 Å². The number of amides is 1.